The van der Waals surface area contributed by atoms with Crippen LogP contribution in [0.4, 0.5) is 5.82 Å². The van der Waals surface area contributed by atoms with Gasteiger partial charge in [-0.3, -0.25) is 4.90 Å². The van der Waals surface area contributed by atoms with Crippen molar-refractivity contribution in [2.75, 3.05) is 18.0 Å². The van der Waals surface area contributed by atoms with Crippen LogP contribution in [-0.2, 0) is 17.8 Å². The first-order chi connectivity index (χ1) is 11.9. The van der Waals surface area contributed by atoms with Crippen molar-refractivity contribution < 1.29 is 9.72 Å². The van der Waals surface area contributed by atoms with Crippen molar-refractivity contribution in [3.63, 3.8) is 0 Å². The molecule has 3 aromatic rings. The van der Waals surface area contributed by atoms with Gasteiger partial charge in [-0.1, -0.05) is 0 Å². The summed E-state index contributed by atoms with van der Waals surface area (Å²) in [5.41, 5.74) is 3.28. The van der Waals surface area contributed by atoms with Gasteiger partial charge in [-0.05, 0) is 33.8 Å². The van der Waals surface area contributed by atoms with E-state index in [-0.39, 0.29) is 5.60 Å². The molecule has 25 heavy (non-hydrogen) atoms. The van der Waals surface area contributed by atoms with E-state index in [9.17, 15) is 0 Å². The van der Waals surface area contributed by atoms with Crippen LogP contribution in [0.3, 0.4) is 0 Å². The van der Waals surface area contributed by atoms with Crippen LogP contribution in [0.15, 0.2) is 6.07 Å². The minimum Gasteiger partial charge on any atom is -0.370 e. The molecule has 0 unspecified atom stereocenters. The monoisotopic (exact) mass is 357 g/mol. The molecule has 0 saturated carbocycles. The van der Waals surface area contributed by atoms with Crippen molar-refractivity contribution in [3.8, 4) is 0 Å². The van der Waals surface area contributed by atoms with Gasteiger partial charge in [-0.2, -0.15) is 0 Å². The number of anilines is 1. The van der Waals surface area contributed by atoms with E-state index in [0.717, 1.165) is 46.9 Å². The van der Waals surface area contributed by atoms with Crippen molar-refractivity contribution in [3.05, 3.63) is 23.1 Å². The molecule has 0 radical (unpaired) electrons. The highest BCUT2D eigenvalue weighted by molar-refractivity contribution is 7.25. The third-order valence-corrected chi connectivity index (χ3v) is 6.01. The summed E-state index contributed by atoms with van der Waals surface area (Å²) in [5, 5.41) is 1.15. The summed E-state index contributed by atoms with van der Waals surface area (Å²) < 4.78 is 7.17. The number of nitrogens with zero attached hydrogens (tertiary/aromatic N) is 3. The van der Waals surface area contributed by atoms with Crippen LogP contribution in [0, 0.1) is 6.92 Å². The summed E-state index contributed by atoms with van der Waals surface area (Å²) in [4.78, 5) is 16.7. The molecule has 0 aliphatic carbocycles. The van der Waals surface area contributed by atoms with Crippen molar-refractivity contribution in [1.82, 2.24) is 9.97 Å². The van der Waals surface area contributed by atoms with Crippen LogP contribution in [0.5, 0.6) is 0 Å². The van der Waals surface area contributed by atoms with Gasteiger partial charge in [-0.15, -0.1) is 16.3 Å². The number of ether oxygens (including phenoxy) is 1. The van der Waals surface area contributed by atoms with E-state index in [1.807, 2.05) is 6.92 Å². The molecule has 1 N–H and O–H groups in total. The van der Waals surface area contributed by atoms with E-state index in [1.165, 1.54) is 16.0 Å². The minimum absolute atomic E-state index is 0.140. The quantitative estimate of drug-likeness (QED) is 0.718. The van der Waals surface area contributed by atoms with Gasteiger partial charge < -0.3 is 4.74 Å². The normalized spacial score (nSPS) is 16.4. The number of fused-ring (bicyclic) bond motifs is 4. The summed E-state index contributed by atoms with van der Waals surface area (Å²) >= 11 is 1.74. The molecule has 0 aromatic carbocycles. The van der Waals surface area contributed by atoms with Crippen LogP contribution in [0.1, 0.15) is 44.8 Å². The minimum atomic E-state index is -0.140. The standard InChI is InChI=1S/C19H24N4OS/c1-6-23(7-2)17-16-15(20-11(3)21-17)13-8-12-10-24-19(4,5)9-14(12)22-18(13)25-16/h8H,6-7,9-10H2,1-5H3/p+1. The van der Waals surface area contributed by atoms with Gasteiger partial charge in [0.05, 0.1) is 36.4 Å². The highest BCUT2D eigenvalue weighted by atomic mass is 32.1. The summed E-state index contributed by atoms with van der Waals surface area (Å²) in [7, 11) is 0. The van der Waals surface area contributed by atoms with Gasteiger partial charge in [0.2, 0.25) is 11.6 Å². The molecule has 0 bridgehead atoms. The lowest BCUT2D eigenvalue weighted by Crippen LogP contribution is -2.32. The molecule has 4 heterocycles. The molecule has 0 fully saturated rings. The number of aromatic nitrogens is 3. The fraction of sp³-hybridized carbons (Fsp3) is 0.526. The molecule has 0 atom stereocenters. The number of H-pyrrole nitrogens is 1. The van der Waals surface area contributed by atoms with Gasteiger partial charge in [0.1, 0.15) is 9.53 Å². The number of thiophene rings is 1. The molecule has 4 rings (SSSR count). The Labute approximate surface area is 152 Å². The van der Waals surface area contributed by atoms with E-state index >= 15 is 0 Å². The third-order valence-electron chi connectivity index (χ3n) is 4.91. The Morgan fingerprint density at radius 2 is 2.04 bits per heavy atom. The van der Waals surface area contributed by atoms with Crippen LogP contribution < -0.4 is 9.88 Å². The number of hydrogen-bond donors (Lipinski definition) is 0. The Hall–Kier alpha value is -1.79. The van der Waals surface area contributed by atoms with Crippen LogP contribution in [0.2, 0.25) is 0 Å². The molecular formula is C19H25N4OS+. The molecule has 132 valence electrons. The zero-order valence-corrected chi connectivity index (χ0v) is 16.4. The van der Waals surface area contributed by atoms with Gasteiger partial charge in [-0.25, -0.2) is 9.97 Å². The summed E-state index contributed by atoms with van der Waals surface area (Å²) in [6.07, 6.45) is 0.855. The maximum Gasteiger partial charge on any atom is 0.242 e. The highest BCUT2D eigenvalue weighted by Crippen LogP contribution is 2.38. The molecule has 5 nitrogen and oxygen atoms in total. The molecule has 6 heteroatoms. The van der Waals surface area contributed by atoms with Gasteiger partial charge >= 0.3 is 0 Å². The van der Waals surface area contributed by atoms with Crippen LogP contribution in [-0.4, -0.2) is 28.7 Å². The molecule has 3 aromatic heterocycles. The second kappa shape index (κ2) is 5.88. The lowest BCUT2D eigenvalue weighted by molar-refractivity contribution is -0.376. The second-order valence-corrected chi connectivity index (χ2v) is 8.29. The molecule has 1 aliphatic heterocycles. The molecular weight excluding hydrogens is 332 g/mol. The topological polar surface area (TPSA) is 52.4 Å². The summed E-state index contributed by atoms with van der Waals surface area (Å²) in [6, 6.07) is 2.24. The third kappa shape index (κ3) is 2.77. The van der Waals surface area contributed by atoms with Crippen molar-refractivity contribution in [2.45, 2.75) is 53.2 Å². The van der Waals surface area contributed by atoms with Crippen molar-refractivity contribution in [2.24, 2.45) is 0 Å². The lowest BCUT2D eigenvalue weighted by atomic mass is 9.95. The second-order valence-electron chi connectivity index (χ2n) is 7.29. The Balaban J connectivity index is 1.97. The van der Waals surface area contributed by atoms with E-state index in [0.29, 0.717) is 6.61 Å². The van der Waals surface area contributed by atoms with E-state index in [4.69, 9.17) is 14.7 Å². The first-order valence-electron chi connectivity index (χ1n) is 8.95. The maximum absolute atomic E-state index is 5.98. The average Bonchev–Trinajstić information content (AvgIpc) is 2.90. The SMILES string of the molecule is CCN(CC)c1[nH+]c(C)nc2c1sc1nc3c(cc12)COC(C)(C)C3. The van der Waals surface area contributed by atoms with Crippen molar-refractivity contribution in [1.29, 1.82) is 0 Å². The van der Waals surface area contributed by atoms with Gasteiger partial charge in [0.25, 0.3) is 0 Å². The van der Waals surface area contributed by atoms with Gasteiger partial charge in [0.15, 0.2) is 5.52 Å². The number of nitrogens with one attached hydrogen (secondary N) is 1. The Morgan fingerprint density at radius 1 is 1.28 bits per heavy atom. The number of aromatic amines is 1. The molecule has 0 spiro atoms. The Kier molecular flexibility index (Phi) is 3.92. The fourth-order valence-electron chi connectivity index (χ4n) is 3.55. The number of aryl methyl sites for hydroxylation is 1. The number of hydrogen-bond acceptors (Lipinski definition) is 5. The largest absolute Gasteiger partial charge is 0.370 e. The van der Waals surface area contributed by atoms with Crippen LogP contribution >= 0.6 is 11.3 Å². The van der Waals surface area contributed by atoms with E-state index < -0.39 is 0 Å². The maximum atomic E-state index is 5.98. The first kappa shape index (κ1) is 16.7. The number of rotatable bonds is 3. The van der Waals surface area contributed by atoms with Gasteiger partial charge in [0, 0.05) is 18.9 Å². The Bertz CT molecular complexity index is 959. The lowest BCUT2D eigenvalue weighted by Gasteiger charge is -2.30. The molecule has 1 aliphatic rings. The predicted octanol–water partition coefficient (Wildman–Crippen LogP) is 3.66. The number of pyridine rings is 1. The summed E-state index contributed by atoms with van der Waals surface area (Å²) in [5.74, 6) is 2.09. The molecule has 0 saturated heterocycles. The Morgan fingerprint density at radius 3 is 2.76 bits per heavy atom. The first-order valence-corrected chi connectivity index (χ1v) is 9.77. The fourth-order valence-corrected chi connectivity index (χ4v) is 4.70. The van der Waals surface area contributed by atoms with E-state index in [1.54, 1.807) is 11.3 Å². The average molecular weight is 358 g/mol. The smallest absolute Gasteiger partial charge is 0.242 e. The highest BCUT2D eigenvalue weighted by Gasteiger charge is 2.29. The molecule has 0 amide bonds. The predicted molar refractivity (Wildman–Crippen MR) is 102 cm³/mol. The van der Waals surface area contributed by atoms with Crippen LogP contribution in [0.25, 0.3) is 20.4 Å². The zero-order valence-electron chi connectivity index (χ0n) is 15.6. The van der Waals surface area contributed by atoms with E-state index in [2.05, 4.69) is 43.6 Å². The summed E-state index contributed by atoms with van der Waals surface area (Å²) in [6.45, 7) is 13.2. The van der Waals surface area contributed by atoms with Crippen molar-refractivity contribution >= 4 is 37.6 Å². The zero-order chi connectivity index (χ0) is 17.8.